The Bertz CT molecular complexity index is 535. The molecule has 1 aromatic heterocycles. The summed E-state index contributed by atoms with van der Waals surface area (Å²) in [7, 11) is -3.52. The second-order valence-corrected chi connectivity index (χ2v) is 7.68. The molecule has 0 spiro atoms. The van der Waals surface area contributed by atoms with Gasteiger partial charge in [0.05, 0.1) is 10.5 Å². The van der Waals surface area contributed by atoms with Crippen LogP contribution in [0.4, 0.5) is 0 Å². The first-order valence-corrected chi connectivity index (χ1v) is 8.69. The minimum Gasteiger partial charge on any atom is -0.375 e. The molecule has 0 aromatic carbocycles. The molecule has 7 heteroatoms. The number of aromatic nitrogens is 1. The van der Waals surface area contributed by atoms with Gasteiger partial charge in [0.25, 0.3) is 0 Å². The Kier molecular flexibility index (Phi) is 6.40. The van der Waals surface area contributed by atoms with Gasteiger partial charge in [-0.1, -0.05) is 13.8 Å². The molecule has 1 rings (SSSR count). The van der Waals surface area contributed by atoms with Crippen molar-refractivity contribution in [1.29, 1.82) is 0 Å². The summed E-state index contributed by atoms with van der Waals surface area (Å²) < 4.78 is 32.5. The third-order valence-corrected chi connectivity index (χ3v) is 4.33. The van der Waals surface area contributed by atoms with Crippen molar-refractivity contribution in [2.75, 3.05) is 13.2 Å². The van der Waals surface area contributed by atoms with Crippen LogP contribution in [0.2, 0.25) is 0 Å². The summed E-state index contributed by atoms with van der Waals surface area (Å²) in [6, 6.07) is 1.99. The lowest BCUT2D eigenvalue weighted by Crippen LogP contribution is -2.40. The van der Waals surface area contributed by atoms with Gasteiger partial charge in [0, 0.05) is 37.6 Å². The molecule has 0 aliphatic carbocycles. The van der Waals surface area contributed by atoms with E-state index in [-0.39, 0.29) is 11.4 Å². The zero-order chi connectivity index (χ0) is 16.1. The highest BCUT2D eigenvalue weighted by atomic mass is 32.2. The van der Waals surface area contributed by atoms with E-state index >= 15 is 0 Å². The average molecular weight is 317 g/mol. The van der Waals surface area contributed by atoms with E-state index in [4.69, 9.17) is 4.74 Å². The van der Waals surface area contributed by atoms with Crippen LogP contribution >= 0.6 is 0 Å². The van der Waals surface area contributed by atoms with E-state index in [1.807, 2.05) is 34.6 Å². The van der Waals surface area contributed by atoms with Crippen molar-refractivity contribution in [2.45, 2.75) is 57.7 Å². The van der Waals surface area contributed by atoms with Gasteiger partial charge in [-0.25, -0.2) is 13.1 Å². The molecule has 0 saturated carbocycles. The molecule has 122 valence electrons. The van der Waals surface area contributed by atoms with Gasteiger partial charge in [-0.2, -0.15) is 0 Å². The largest absolute Gasteiger partial charge is 0.375 e. The van der Waals surface area contributed by atoms with Crippen LogP contribution in [0.1, 0.15) is 40.3 Å². The van der Waals surface area contributed by atoms with Crippen molar-refractivity contribution in [2.24, 2.45) is 0 Å². The number of aromatic amines is 1. The van der Waals surface area contributed by atoms with Crippen LogP contribution in [0.3, 0.4) is 0 Å². The predicted octanol–water partition coefficient (Wildman–Crippen LogP) is 1.61. The second-order valence-electron chi connectivity index (χ2n) is 5.91. The first-order chi connectivity index (χ1) is 9.66. The van der Waals surface area contributed by atoms with E-state index in [0.29, 0.717) is 19.2 Å². The van der Waals surface area contributed by atoms with Crippen LogP contribution < -0.4 is 10.0 Å². The van der Waals surface area contributed by atoms with Crippen molar-refractivity contribution in [1.82, 2.24) is 15.0 Å². The molecule has 1 heterocycles. The van der Waals surface area contributed by atoms with Gasteiger partial charge < -0.3 is 15.0 Å². The highest BCUT2D eigenvalue weighted by Gasteiger charge is 2.23. The minimum atomic E-state index is -3.52. The maximum Gasteiger partial charge on any atom is 0.242 e. The Morgan fingerprint density at radius 3 is 2.62 bits per heavy atom. The van der Waals surface area contributed by atoms with Gasteiger partial charge in [-0.3, -0.25) is 0 Å². The number of nitrogens with one attached hydrogen (secondary N) is 3. The van der Waals surface area contributed by atoms with Gasteiger partial charge in [0.15, 0.2) is 0 Å². The Labute approximate surface area is 127 Å². The third kappa shape index (κ3) is 6.17. The molecule has 0 bridgehead atoms. The first-order valence-electron chi connectivity index (χ1n) is 7.20. The standard InChI is InChI=1S/C14H27N3O3S/c1-6-20-14(4,5)10-17-21(18,19)13-7-12(16-9-13)8-15-11(2)3/h7,9,11,15-17H,6,8,10H2,1-5H3. The van der Waals surface area contributed by atoms with E-state index in [9.17, 15) is 8.42 Å². The molecule has 0 amide bonds. The number of sulfonamides is 1. The van der Waals surface area contributed by atoms with Crippen LogP contribution in [-0.2, 0) is 21.3 Å². The van der Waals surface area contributed by atoms with E-state index in [2.05, 4.69) is 15.0 Å². The molecule has 0 atom stereocenters. The molecule has 0 saturated heterocycles. The van der Waals surface area contributed by atoms with E-state index in [0.717, 1.165) is 5.69 Å². The molecule has 0 fully saturated rings. The maximum atomic E-state index is 12.2. The first kappa shape index (κ1) is 18.2. The summed E-state index contributed by atoms with van der Waals surface area (Å²) in [5.41, 5.74) is 0.313. The molecular weight excluding hydrogens is 290 g/mol. The summed E-state index contributed by atoms with van der Waals surface area (Å²) in [6.07, 6.45) is 1.51. The normalized spacial score (nSPS) is 13.0. The van der Waals surface area contributed by atoms with Crippen molar-refractivity contribution in [3.05, 3.63) is 18.0 Å². The molecular formula is C14H27N3O3S. The average Bonchev–Trinajstić information content (AvgIpc) is 2.84. The van der Waals surface area contributed by atoms with Gasteiger partial charge in [-0.15, -0.1) is 0 Å². The number of rotatable bonds is 9. The molecule has 1 aromatic rings. The van der Waals surface area contributed by atoms with Gasteiger partial charge >= 0.3 is 0 Å². The zero-order valence-corrected chi connectivity index (χ0v) is 14.3. The highest BCUT2D eigenvalue weighted by molar-refractivity contribution is 7.89. The summed E-state index contributed by atoms with van der Waals surface area (Å²) in [5.74, 6) is 0. The minimum absolute atomic E-state index is 0.230. The quantitative estimate of drug-likeness (QED) is 0.646. The van der Waals surface area contributed by atoms with Crippen molar-refractivity contribution in [3.63, 3.8) is 0 Å². The summed E-state index contributed by atoms with van der Waals surface area (Å²) in [4.78, 5) is 3.22. The van der Waals surface area contributed by atoms with Crippen LogP contribution in [0.15, 0.2) is 17.2 Å². The fourth-order valence-electron chi connectivity index (χ4n) is 1.78. The molecule has 0 aliphatic rings. The number of H-pyrrole nitrogens is 1. The topological polar surface area (TPSA) is 83.2 Å². The van der Waals surface area contributed by atoms with E-state index in [1.54, 1.807) is 6.07 Å². The molecule has 21 heavy (non-hydrogen) atoms. The molecule has 6 nitrogen and oxygen atoms in total. The fraction of sp³-hybridized carbons (Fsp3) is 0.714. The number of ether oxygens (including phenoxy) is 1. The third-order valence-electron chi connectivity index (χ3n) is 2.95. The SMILES string of the molecule is CCOC(C)(C)CNS(=O)(=O)c1c[nH]c(CNC(C)C)c1. The van der Waals surface area contributed by atoms with Gasteiger partial charge in [-0.05, 0) is 26.8 Å². The lowest BCUT2D eigenvalue weighted by Gasteiger charge is -2.24. The van der Waals surface area contributed by atoms with Crippen LogP contribution in [-0.4, -0.2) is 38.2 Å². The smallest absolute Gasteiger partial charge is 0.242 e. The lowest BCUT2D eigenvalue weighted by atomic mass is 10.1. The van der Waals surface area contributed by atoms with Gasteiger partial charge in [0.2, 0.25) is 10.0 Å². The van der Waals surface area contributed by atoms with Crippen LogP contribution in [0, 0.1) is 0 Å². The van der Waals surface area contributed by atoms with E-state index in [1.165, 1.54) is 6.20 Å². The monoisotopic (exact) mass is 317 g/mol. The highest BCUT2D eigenvalue weighted by Crippen LogP contribution is 2.13. The summed E-state index contributed by atoms with van der Waals surface area (Å²) >= 11 is 0. The Hall–Kier alpha value is -0.890. The summed E-state index contributed by atoms with van der Waals surface area (Å²) in [5, 5.41) is 3.23. The molecule has 0 aliphatic heterocycles. The number of hydrogen-bond acceptors (Lipinski definition) is 4. The van der Waals surface area contributed by atoms with Crippen LogP contribution in [0.25, 0.3) is 0 Å². The fourth-order valence-corrected chi connectivity index (χ4v) is 3.00. The molecule has 0 radical (unpaired) electrons. The van der Waals surface area contributed by atoms with E-state index < -0.39 is 15.6 Å². The van der Waals surface area contributed by atoms with Crippen molar-refractivity contribution in [3.8, 4) is 0 Å². The Morgan fingerprint density at radius 1 is 1.38 bits per heavy atom. The zero-order valence-electron chi connectivity index (χ0n) is 13.5. The van der Waals surface area contributed by atoms with Gasteiger partial charge in [0.1, 0.15) is 0 Å². The predicted molar refractivity (Wildman–Crippen MR) is 83.7 cm³/mol. The summed E-state index contributed by atoms with van der Waals surface area (Å²) in [6.45, 7) is 11.1. The molecule has 3 N–H and O–H groups in total. The maximum absolute atomic E-state index is 12.2. The van der Waals surface area contributed by atoms with Crippen molar-refractivity contribution >= 4 is 10.0 Å². The Morgan fingerprint density at radius 2 is 2.05 bits per heavy atom. The second kappa shape index (κ2) is 7.40. The lowest BCUT2D eigenvalue weighted by molar-refractivity contribution is -0.00515. The Balaban J connectivity index is 2.66. The van der Waals surface area contributed by atoms with Crippen LogP contribution in [0.5, 0.6) is 0 Å². The van der Waals surface area contributed by atoms with Crippen molar-refractivity contribution < 1.29 is 13.2 Å². The number of hydrogen-bond donors (Lipinski definition) is 3. The molecule has 0 unspecified atom stereocenters.